The minimum atomic E-state index is -1.81. The largest absolute Gasteiger partial charge is 0.369 e. The van der Waals surface area contributed by atoms with Crippen LogP contribution in [0.25, 0.3) is 0 Å². The Kier molecular flexibility index (Phi) is 4.72. The van der Waals surface area contributed by atoms with Crippen molar-refractivity contribution in [3.63, 3.8) is 0 Å². The number of rotatable bonds is 3. The summed E-state index contributed by atoms with van der Waals surface area (Å²) in [6, 6.07) is 8.52. The van der Waals surface area contributed by atoms with Crippen molar-refractivity contribution in [3.8, 4) is 0 Å². The van der Waals surface area contributed by atoms with E-state index >= 15 is 0 Å². The molecule has 3 N–H and O–H groups in total. The molecule has 110 valence electrons. The van der Waals surface area contributed by atoms with E-state index in [1.54, 1.807) is 12.1 Å². The summed E-state index contributed by atoms with van der Waals surface area (Å²) < 4.78 is 26.9. The Bertz CT molecular complexity index is 630. The Labute approximate surface area is 124 Å². The number of aliphatic hydroxyl groups is 1. The first-order valence-corrected chi connectivity index (χ1v) is 6.30. The molecule has 2 rings (SSSR count). The van der Waals surface area contributed by atoms with Gasteiger partial charge in [-0.3, -0.25) is 0 Å². The van der Waals surface area contributed by atoms with Gasteiger partial charge in [0, 0.05) is 10.7 Å². The summed E-state index contributed by atoms with van der Waals surface area (Å²) in [5, 5.41) is 14.6. The lowest BCUT2D eigenvalue weighted by Gasteiger charge is -2.15. The van der Waals surface area contributed by atoms with Crippen LogP contribution in [-0.4, -0.2) is 11.1 Å². The van der Waals surface area contributed by atoms with E-state index in [1.807, 2.05) is 5.32 Å². The van der Waals surface area contributed by atoms with Crippen LogP contribution in [0.5, 0.6) is 0 Å². The monoisotopic (exact) mass is 312 g/mol. The fourth-order valence-electron chi connectivity index (χ4n) is 1.67. The first-order valence-electron chi connectivity index (χ1n) is 5.92. The normalized spacial score (nSPS) is 11.8. The van der Waals surface area contributed by atoms with Gasteiger partial charge in [-0.15, -0.1) is 0 Å². The van der Waals surface area contributed by atoms with Crippen LogP contribution in [0.3, 0.4) is 0 Å². The molecule has 4 nitrogen and oxygen atoms in total. The molecular weight excluding hydrogens is 302 g/mol. The summed E-state index contributed by atoms with van der Waals surface area (Å²) in [6.07, 6.45) is -1.81. The number of anilines is 1. The highest BCUT2D eigenvalue weighted by Crippen LogP contribution is 2.19. The molecule has 7 heteroatoms. The van der Waals surface area contributed by atoms with Gasteiger partial charge in [-0.25, -0.2) is 13.6 Å². The molecule has 0 aliphatic heterocycles. The fraction of sp³-hybridized carbons (Fsp3) is 0.0714. The number of amides is 2. The summed E-state index contributed by atoms with van der Waals surface area (Å²) in [4.78, 5) is 11.6. The number of nitrogens with one attached hydrogen (secondary N) is 2. The maximum atomic E-state index is 13.4. The zero-order valence-electron chi connectivity index (χ0n) is 10.6. The second-order valence-electron chi connectivity index (χ2n) is 4.14. The van der Waals surface area contributed by atoms with Crippen molar-refractivity contribution < 1.29 is 18.7 Å². The van der Waals surface area contributed by atoms with E-state index in [2.05, 4.69) is 5.32 Å². The van der Waals surface area contributed by atoms with Gasteiger partial charge in [0.1, 0.15) is 11.6 Å². The van der Waals surface area contributed by atoms with Gasteiger partial charge in [0.05, 0.1) is 5.56 Å². The lowest BCUT2D eigenvalue weighted by Crippen LogP contribution is -2.33. The van der Waals surface area contributed by atoms with E-state index < -0.39 is 29.5 Å². The predicted octanol–water partition coefficient (Wildman–Crippen LogP) is 3.43. The van der Waals surface area contributed by atoms with Crippen LogP contribution in [0, 0.1) is 11.6 Å². The molecule has 1 atom stereocenters. The molecule has 21 heavy (non-hydrogen) atoms. The number of aliphatic hydroxyl groups excluding tert-OH is 1. The molecular formula is C14H11ClF2N2O2. The summed E-state index contributed by atoms with van der Waals surface area (Å²) >= 11 is 5.70. The molecule has 2 aromatic rings. The maximum Gasteiger partial charge on any atom is 0.321 e. The van der Waals surface area contributed by atoms with Crippen LogP contribution in [0.2, 0.25) is 5.02 Å². The third-order valence-electron chi connectivity index (χ3n) is 2.64. The Morgan fingerprint density at radius 1 is 1.10 bits per heavy atom. The minimum absolute atomic E-state index is 0.415. The molecule has 2 aromatic carbocycles. The van der Waals surface area contributed by atoms with E-state index in [1.165, 1.54) is 12.1 Å². The van der Waals surface area contributed by atoms with Gasteiger partial charge in [0.25, 0.3) is 0 Å². The molecule has 0 saturated carbocycles. The average molecular weight is 313 g/mol. The smallest absolute Gasteiger partial charge is 0.321 e. The number of hydrogen-bond donors (Lipinski definition) is 3. The molecule has 0 aliphatic carbocycles. The minimum Gasteiger partial charge on any atom is -0.369 e. The van der Waals surface area contributed by atoms with Crippen LogP contribution in [-0.2, 0) is 0 Å². The van der Waals surface area contributed by atoms with E-state index in [9.17, 15) is 18.7 Å². The SMILES string of the molecule is O=C(Nc1ccc(Cl)cc1)NC(O)c1c(F)cccc1F. The standard InChI is InChI=1S/C14H11ClF2N2O2/c15-8-4-6-9(7-5-8)18-14(21)19-13(20)12-10(16)2-1-3-11(12)17/h1-7,13,20H,(H2,18,19,21). The molecule has 0 radical (unpaired) electrons. The molecule has 2 amide bonds. The van der Waals surface area contributed by atoms with Crippen molar-refractivity contribution in [1.82, 2.24) is 5.32 Å². The van der Waals surface area contributed by atoms with Gasteiger partial charge >= 0.3 is 6.03 Å². The van der Waals surface area contributed by atoms with Crippen LogP contribution < -0.4 is 10.6 Å². The van der Waals surface area contributed by atoms with Crippen molar-refractivity contribution in [3.05, 3.63) is 64.7 Å². The van der Waals surface area contributed by atoms with Crippen molar-refractivity contribution in [2.75, 3.05) is 5.32 Å². The van der Waals surface area contributed by atoms with Gasteiger partial charge in [0.15, 0.2) is 6.23 Å². The van der Waals surface area contributed by atoms with E-state index in [-0.39, 0.29) is 0 Å². The molecule has 0 bridgehead atoms. The number of carbonyl (C=O) groups is 1. The summed E-state index contributed by atoms with van der Waals surface area (Å²) in [6.45, 7) is 0. The topological polar surface area (TPSA) is 61.4 Å². The zero-order chi connectivity index (χ0) is 15.4. The Hall–Kier alpha value is -2.18. The van der Waals surface area contributed by atoms with Gasteiger partial charge < -0.3 is 15.7 Å². The molecule has 0 aliphatic rings. The van der Waals surface area contributed by atoms with Crippen LogP contribution >= 0.6 is 11.6 Å². The highest BCUT2D eigenvalue weighted by Gasteiger charge is 2.19. The average Bonchev–Trinajstić information content (AvgIpc) is 2.41. The first-order chi connectivity index (χ1) is 9.97. The highest BCUT2D eigenvalue weighted by atomic mass is 35.5. The Morgan fingerprint density at radius 3 is 2.24 bits per heavy atom. The number of carbonyl (C=O) groups excluding carboxylic acids is 1. The van der Waals surface area contributed by atoms with Gasteiger partial charge in [0.2, 0.25) is 0 Å². The Morgan fingerprint density at radius 2 is 1.67 bits per heavy atom. The lowest BCUT2D eigenvalue weighted by molar-refractivity contribution is 0.138. The van der Waals surface area contributed by atoms with Gasteiger partial charge in [-0.05, 0) is 36.4 Å². The zero-order valence-corrected chi connectivity index (χ0v) is 11.4. The number of benzene rings is 2. The van der Waals surface area contributed by atoms with E-state index in [4.69, 9.17) is 11.6 Å². The molecule has 0 fully saturated rings. The van der Waals surface area contributed by atoms with E-state index in [0.717, 1.165) is 18.2 Å². The summed E-state index contributed by atoms with van der Waals surface area (Å²) in [5.41, 5.74) is -0.207. The van der Waals surface area contributed by atoms with Gasteiger partial charge in [-0.2, -0.15) is 0 Å². The molecule has 0 spiro atoms. The quantitative estimate of drug-likeness (QED) is 0.760. The maximum absolute atomic E-state index is 13.4. The summed E-state index contributed by atoms with van der Waals surface area (Å²) in [7, 11) is 0. The molecule has 0 saturated heterocycles. The Balaban J connectivity index is 2.04. The van der Waals surface area contributed by atoms with Crippen LogP contribution in [0.15, 0.2) is 42.5 Å². The van der Waals surface area contributed by atoms with Crippen molar-refractivity contribution >= 4 is 23.3 Å². The second kappa shape index (κ2) is 6.51. The van der Waals surface area contributed by atoms with Crippen LogP contribution in [0.1, 0.15) is 11.8 Å². The second-order valence-corrected chi connectivity index (χ2v) is 4.58. The predicted molar refractivity (Wildman–Crippen MR) is 74.9 cm³/mol. The highest BCUT2D eigenvalue weighted by molar-refractivity contribution is 6.30. The summed E-state index contributed by atoms with van der Waals surface area (Å²) in [5.74, 6) is -1.90. The first kappa shape index (κ1) is 15.2. The fourth-order valence-corrected chi connectivity index (χ4v) is 1.79. The number of hydrogen-bond acceptors (Lipinski definition) is 2. The molecule has 0 heterocycles. The number of halogens is 3. The van der Waals surface area contributed by atoms with Crippen molar-refractivity contribution in [1.29, 1.82) is 0 Å². The van der Waals surface area contributed by atoms with Crippen molar-refractivity contribution in [2.45, 2.75) is 6.23 Å². The lowest BCUT2D eigenvalue weighted by atomic mass is 10.1. The third-order valence-corrected chi connectivity index (χ3v) is 2.90. The number of urea groups is 1. The van der Waals surface area contributed by atoms with Crippen LogP contribution in [0.4, 0.5) is 19.3 Å². The van der Waals surface area contributed by atoms with Crippen molar-refractivity contribution in [2.24, 2.45) is 0 Å². The van der Waals surface area contributed by atoms with Gasteiger partial charge in [-0.1, -0.05) is 17.7 Å². The third kappa shape index (κ3) is 3.90. The van der Waals surface area contributed by atoms with E-state index in [0.29, 0.717) is 10.7 Å². The molecule has 0 aromatic heterocycles. The molecule has 1 unspecified atom stereocenters.